The predicted octanol–water partition coefficient (Wildman–Crippen LogP) is 7.40. The fourth-order valence-corrected chi connectivity index (χ4v) is 6.13. The number of hydrogen-bond acceptors (Lipinski definition) is 1. The summed E-state index contributed by atoms with van der Waals surface area (Å²) in [7, 11) is 0. The van der Waals surface area contributed by atoms with E-state index in [0.29, 0.717) is 0 Å². The number of anilines is 1. The van der Waals surface area contributed by atoms with Crippen LogP contribution in [0.15, 0.2) is 66.7 Å². The molecular formula is C29H33N. The van der Waals surface area contributed by atoms with E-state index in [1.165, 1.54) is 58.3 Å². The molecule has 1 aliphatic carbocycles. The van der Waals surface area contributed by atoms with Gasteiger partial charge in [-0.2, -0.15) is 0 Å². The van der Waals surface area contributed by atoms with Crippen molar-refractivity contribution in [2.45, 2.75) is 70.9 Å². The first-order valence-corrected chi connectivity index (χ1v) is 11.4. The van der Waals surface area contributed by atoms with E-state index in [4.69, 9.17) is 0 Å². The predicted molar refractivity (Wildman–Crippen MR) is 128 cm³/mol. The Balaban J connectivity index is 1.69. The number of fused-ring (bicyclic) bond motifs is 3. The number of hydrogen-bond donors (Lipinski definition) is 0. The molecule has 3 aromatic carbocycles. The molecule has 3 aromatic rings. The summed E-state index contributed by atoms with van der Waals surface area (Å²) in [5.74, 6) is 0. The maximum absolute atomic E-state index is 2.75. The molecule has 1 heterocycles. The van der Waals surface area contributed by atoms with Gasteiger partial charge in [-0.1, -0.05) is 60.7 Å². The van der Waals surface area contributed by atoms with Crippen LogP contribution in [0.4, 0.5) is 5.69 Å². The molecule has 2 aliphatic rings. The highest BCUT2D eigenvalue weighted by molar-refractivity contribution is 5.85. The summed E-state index contributed by atoms with van der Waals surface area (Å²) in [5, 5.41) is 0. The second kappa shape index (κ2) is 7.01. The maximum atomic E-state index is 2.75. The summed E-state index contributed by atoms with van der Waals surface area (Å²) in [6, 6.07) is 24.8. The molecule has 0 aromatic heterocycles. The minimum absolute atomic E-state index is 0.172. The van der Waals surface area contributed by atoms with Crippen molar-refractivity contribution in [3.8, 4) is 11.1 Å². The first-order chi connectivity index (χ1) is 14.4. The molecular weight excluding hydrogens is 362 g/mol. The lowest BCUT2D eigenvalue weighted by molar-refractivity contribution is 0.244. The summed E-state index contributed by atoms with van der Waals surface area (Å²) in [6.07, 6.45) is 5.86. The first-order valence-electron chi connectivity index (χ1n) is 11.4. The molecule has 0 amide bonds. The Morgan fingerprint density at radius 3 is 2.17 bits per heavy atom. The molecule has 30 heavy (non-hydrogen) atoms. The average molecular weight is 396 g/mol. The van der Waals surface area contributed by atoms with E-state index in [1.54, 1.807) is 0 Å². The topological polar surface area (TPSA) is 3.24 Å². The van der Waals surface area contributed by atoms with E-state index >= 15 is 0 Å². The van der Waals surface area contributed by atoms with Crippen molar-refractivity contribution in [3.05, 3.63) is 89.0 Å². The van der Waals surface area contributed by atoms with Gasteiger partial charge in [0.05, 0.1) is 0 Å². The van der Waals surface area contributed by atoms with Gasteiger partial charge in [0, 0.05) is 23.2 Å². The molecule has 1 heteroatoms. The van der Waals surface area contributed by atoms with E-state index in [2.05, 4.69) is 99.3 Å². The van der Waals surface area contributed by atoms with Gasteiger partial charge >= 0.3 is 0 Å². The van der Waals surface area contributed by atoms with Crippen molar-refractivity contribution >= 4 is 5.69 Å². The third-order valence-electron chi connectivity index (χ3n) is 7.29. The Morgan fingerprint density at radius 1 is 0.767 bits per heavy atom. The first kappa shape index (κ1) is 19.4. The van der Waals surface area contributed by atoms with Crippen LogP contribution in [0.2, 0.25) is 0 Å². The lowest BCUT2D eigenvalue weighted by Gasteiger charge is -2.55. The van der Waals surface area contributed by atoms with Gasteiger partial charge in [-0.25, -0.2) is 0 Å². The second-order valence-corrected chi connectivity index (χ2v) is 10.4. The van der Waals surface area contributed by atoms with Gasteiger partial charge in [0.15, 0.2) is 0 Å². The smallest absolute Gasteiger partial charge is 0.0417 e. The molecule has 154 valence electrons. The number of rotatable bonds is 3. The van der Waals surface area contributed by atoms with Crippen molar-refractivity contribution in [1.82, 2.24) is 0 Å². The standard InChI is InChI=1S/C29H33N/c1-28(2)17-10-18-29(3,4)30(28)26-16-15-23(19-21-11-6-5-7-12-21)27-24-14-9-8-13-22(24)20-25(26)27/h5-9,11-16H,10,17-20H2,1-4H3. The molecule has 0 radical (unpaired) electrons. The van der Waals surface area contributed by atoms with Gasteiger partial charge in [-0.3, -0.25) is 0 Å². The van der Waals surface area contributed by atoms with Crippen LogP contribution >= 0.6 is 0 Å². The second-order valence-electron chi connectivity index (χ2n) is 10.4. The van der Waals surface area contributed by atoms with Crippen molar-refractivity contribution < 1.29 is 0 Å². The molecule has 0 spiro atoms. The van der Waals surface area contributed by atoms with Crippen LogP contribution in [0.3, 0.4) is 0 Å². The zero-order valence-electron chi connectivity index (χ0n) is 18.8. The quantitative estimate of drug-likeness (QED) is 0.349. The minimum Gasteiger partial charge on any atom is -0.361 e. The van der Waals surface area contributed by atoms with Crippen LogP contribution in [0.5, 0.6) is 0 Å². The van der Waals surface area contributed by atoms with Crippen molar-refractivity contribution in [2.24, 2.45) is 0 Å². The zero-order valence-corrected chi connectivity index (χ0v) is 18.8. The molecule has 1 fully saturated rings. The Labute approximate surface area is 181 Å². The van der Waals surface area contributed by atoms with Crippen molar-refractivity contribution in [1.29, 1.82) is 0 Å². The molecule has 0 atom stereocenters. The molecule has 1 aliphatic heterocycles. The van der Waals surface area contributed by atoms with Crippen LogP contribution in [0.1, 0.15) is 69.2 Å². The molecule has 0 saturated carbocycles. The van der Waals surface area contributed by atoms with Gasteiger partial charge in [0.25, 0.3) is 0 Å². The summed E-state index contributed by atoms with van der Waals surface area (Å²) >= 11 is 0. The van der Waals surface area contributed by atoms with Crippen molar-refractivity contribution in [3.63, 3.8) is 0 Å². The number of nitrogens with zero attached hydrogens (tertiary/aromatic N) is 1. The van der Waals surface area contributed by atoms with Gasteiger partial charge in [-0.05, 0) is 92.8 Å². The fourth-order valence-electron chi connectivity index (χ4n) is 6.13. The summed E-state index contributed by atoms with van der Waals surface area (Å²) < 4.78 is 0. The largest absolute Gasteiger partial charge is 0.361 e. The van der Waals surface area contributed by atoms with Crippen LogP contribution in [0.25, 0.3) is 11.1 Å². The Hall–Kier alpha value is -2.54. The summed E-state index contributed by atoms with van der Waals surface area (Å²) in [4.78, 5) is 2.75. The van der Waals surface area contributed by atoms with Gasteiger partial charge < -0.3 is 4.90 Å². The fraction of sp³-hybridized carbons (Fsp3) is 0.379. The van der Waals surface area contributed by atoms with Crippen LogP contribution in [-0.2, 0) is 12.8 Å². The summed E-state index contributed by atoms with van der Waals surface area (Å²) in [6.45, 7) is 9.72. The van der Waals surface area contributed by atoms with E-state index in [-0.39, 0.29) is 11.1 Å². The van der Waals surface area contributed by atoms with Crippen LogP contribution in [-0.4, -0.2) is 11.1 Å². The summed E-state index contributed by atoms with van der Waals surface area (Å²) in [5.41, 5.74) is 10.6. The lowest BCUT2D eigenvalue weighted by atomic mass is 9.78. The third kappa shape index (κ3) is 3.16. The van der Waals surface area contributed by atoms with Crippen LogP contribution in [0, 0.1) is 0 Å². The Kier molecular flexibility index (Phi) is 4.54. The molecule has 5 rings (SSSR count). The monoisotopic (exact) mass is 395 g/mol. The number of benzene rings is 3. The molecule has 1 saturated heterocycles. The van der Waals surface area contributed by atoms with E-state index < -0.39 is 0 Å². The zero-order chi connectivity index (χ0) is 20.9. The SMILES string of the molecule is CC1(C)CCCC(C)(C)N1c1ccc(Cc2ccccc2)c2c1Cc1ccccc1-2. The highest BCUT2D eigenvalue weighted by Gasteiger charge is 2.43. The Morgan fingerprint density at radius 2 is 1.43 bits per heavy atom. The highest BCUT2D eigenvalue weighted by atomic mass is 15.3. The molecule has 0 unspecified atom stereocenters. The molecule has 0 bridgehead atoms. The minimum atomic E-state index is 0.172. The lowest BCUT2D eigenvalue weighted by Crippen LogP contribution is -2.59. The van der Waals surface area contributed by atoms with E-state index in [0.717, 1.165) is 12.8 Å². The Bertz CT molecular complexity index is 1060. The average Bonchev–Trinajstić information content (AvgIpc) is 3.09. The van der Waals surface area contributed by atoms with E-state index in [1.807, 2.05) is 0 Å². The molecule has 0 N–H and O–H groups in total. The van der Waals surface area contributed by atoms with Gasteiger partial charge in [-0.15, -0.1) is 0 Å². The molecule has 1 nitrogen and oxygen atoms in total. The van der Waals surface area contributed by atoms with Gasteiger partial charge in [0.1, 0.15) is 0 Å². The normalized spacial score (nSPS) is 18.7. The maximum Gasteiger partial charge on any atom is 0.0417 e. The number of piperidine rings is 1. The van der Waals surface area contributed by atoms with E-state index in [9.17, 15) is 0 Å². The van der Waals surface area contributed by atoms with Crippen molar-refractivity contribution in [2.75, 3.05) is 4.90 Å². The third-order valence-corrected chi connectivity index (χ3v) is 7.29. The van der Waals surface area contributed by atoms with Crippen LogP contribution < -0.4 is 4.90 Å². The van der Waals surface area contributed by atoms with Gasteiger partial charge in [0.2, 0.25) is 0 Å². The highest BCUT2D eigenvalue weighted by Crippen LogP contribution is 2.49.